The fraction of sp³-hybridized carbons (Fsp3) is 0.571. The Hall–Kier alpha value is -0.600. The van der Waals surface area contributed by atoms with E-state index >= 15 is 0 Å². The van der Waals surface area contributed by atoms with E-state index < -0.39 is 0 Å². The highest BCUT2D eigenvalue weighted by Gasteiger charge is 2.25. The number of rotatable bonds is 4. The van der Waals surface area contributed by atoms with Crippen molar-refractivity contribution >= 4 is 11.6 Å². The maximum absolute atomic E-state index is 13.3. The van der Waals surface area contributed by atoms with E-state index in [1.165, 1.54) is 31.7 Å². The van der Waals surface area contributed by atoms with Gasteiger partial charge in [-0.25, -0.2) is 4.39 Å². The second-order valence-electron chi connectivity index (χ2n) is 4.90. The Morgan fingerprint density at radius 2 is 2.06 bits per heavy atom. The second kappa shape index (κ2) is 5.83. The number of benzene rings is 1. The van der Waals surface area contributed by atoms with Gasteiger partial charge in [0.15, 0.2) is 0 Å². The summed E-state index contributed by atoms with van der Waals surface area (Å²) in [6.45, 7) is 0.164. The number of aliphatic hydroxyl groups excluding tert-OH is 1. The Labute approximate surface area is 107 Å². The van der Waals surface area contributed by atoms with Gasteiger partial charge in [0.25, 0.3) is 0 Å². The summed E-state index contributed by atoms with van der Waals surface area (Å²) in [5.41, 5.74) is 0.817. The van der Waals surface area contributed by atoms with Crippen molar-refractivity contribution in [2.45, 2.75) is 32.1 Å². The summed E-state index contributed by atoms with van der Waals surface area (Å²) < 4.78 is 13.3. The van der Waals surface area contributed by atoms with E-state index in [0.717, 1.165) is 5.56 Å². The number of hydrogen-bond donors (Lipinski definition) is 1. The molecular weight excluding hydrogens is 239 g/mol. The summed E-state index contributed by atoms with van der Waals surface area (Å²) in [6, 6.07) is 4.90. The molecule has 0 radical (unpaired) electrons. The molecule has 0 bridgehead atoms. The van der Waals surface area contributed by atoms with Crippen LogP contribution in [0, 0.1) is 17.7 Å². The van der Waals surface area contributed by atoms with Crippen LogP contribution >= 0.6 is 11.6 Å². The van der Waals surface area contributed by atoms with Gasteiger partial charge in [0.05, 0.1) is 5.02 Å². The molecule has 3 heteroatoms. The van der Waals surface area contributed by atoms with Gasteiger partial charge in [-0.05, 0) is 29.9 Å². The van der Waals surface area contributed by atoms with Crippen LogP contribution in [0.5, 0.6) is 0 Å². The Bertz CT molecular complexity index is 374. The first-order valence-electron chi connectivity index (χ1n) is 6.26. The summed E-state index contributed by atoms with van der Waals surface area (Å²) in [4.78, 5) is 0. The molecule has 94 valence electrons. The number of hydrogen-bond acceptors (Lipinski definition) is 1. The van der Waals surface area contributed by atoms with Gasteiger partial charge in [0, 0.05) is 6.61 Å². The van der Waals surface area contributed by atoms with E-state index in [2.05, 4.69) is 0 Å². The van der Waals surface area contributed by atoms with Crippen molar-refractivity contribution in [3.63, 3.8) is 0 Å². The van der Waals surface area contributed by atoms with Gasteiger partial charge in [0.2, 0.25) is 0 Å². The third-order valence-corrected chi connectivity index (χ3v) is 4.24. The topological polar surface area (TPSA) is 20.2 Å². The van der Waals surface area contributed by atoms with Crippen molar-refractivity contribution in [2.24, 2.45) is 11.8 Å². The van der Waals surface area contributed by atoms with Crippen molar-refractivity contribution in [2.75, 3.05) is 6.61 Å². The van der Waals surface area contributed by atoms with Crippen molar-refractivity contribution in [1.29, 1.82) is 0 Å². The highest BCUT2D eigenvalue weighted by molar-refractivity contribution is 6.31. The van der Waals surface area contributed by atoms with Gasteiger partial charge in [-0.3, -0.25) is 0 Å². The minimum Gasteiger partial charge on any atom is -0.396 e. The Morgan fingerprint density at radius 3 is 2.71 bits per heavy atom. The highest BCUT2D eigenvalue weighted by Crippen LogP contribution is 2.34. The molecular formula is C14H18ClFO. The molecule has 17 heavy (non-hydrogen) atoms. The van der Waals surface area contributed by atoms with Crippen LogP contribution in [-0.2, 0) is 6.42 Å². The summed E-state index contributed by atoms with van der Waals surface area (Å²) in [6.07, 6.45) is 5.53. The number of aliphatic hydroxyl groups is 1. The largest absolute Gasteiger partial charge is 0.396 e. The molecule has 1 N–H and O–H groups in total. The third kappa shape index (κ3) is 2.99. The Kier molecular flexibility index (Phi) is 4.41. The van der Waals surface area contributed by atoms with Crippen LogP contribution in [0.4, 0.5) is 4.39 Å². The molecule has 0 heterocycles. The zero-order chi connectivity index (χ0) is 12.3. The molecule has 0 aromatic heterocycles. The van der Waals surface area contributed by atoms with Gasteiger partial charge in [-0.2, -0.15) is 0 Å². The zero-order valence-electron chi connectivity index (χ0n) is 9.83. The van der Waals surface area contributed by atoms with Crippen LogP contribution < -0.4 is 0 Å². The summed E-state index contributed by atoms with van der Waals surface area (Å²) >= 11 is 5.94. The molecule has 0 spiro atoms. The molecule has 1 fully saturated rings. The normalized spacial score (nSPS) is 18.5. The Morgan fingerprint density at radius 1 is 1.35 bits per heavy atom. The average molecular weight is 257 g/mol. The maximum atomic E-state index is 13.3. The molecule has 1 aromatic carbocycles. The fourth-order valence-electron chi connectivity index (χ4n) is 2.80. The van der Waals surface area contributed by atoms with E-state index in [0.29, 0.717) is 12.3 Å². The molecule has 0 aliphatic heterocycles. The van der Waals surface area contributed by atoms with Crippen molar-refractivity contribution in [1.82, 2.24) is 0 Å². The molecule has 1 aliphatic carbocycles. The van der Waals surface area contributed by atoms with Crippen LogP contribution in [0.15, 0.2) is 18.2 Å². The highest BCUT2D eigenvalue weighted by atomic mass is 35.5. The standard InChI is InChI=1S/C14H18ClFO/c15-14-11(6-3-7-13(14)16)8-12(9-17)10-4-1-2-5-10/h3,6-7,10,12,17H,1-2,4-5,8-9H2. The maximum Gasteiger partial charge on any atom is 0.142 e. The lowest BCUT2D eigenvalue weighted by Crippen LogP contribution is -2.19. The predicted octanol–water partition coefficient (Wildman–Crippen LogP) is 3.82. The van der Waals surface area contributed by atoms with E-state index in [9.17, 15) is 9.50 Å². The van der Waals surface area contributed by atoms with Crippen LogP contribution in [-0.4, -0.2) is 11.7 Å². The average Bonchev–Trinajstić information content (AvgIpc) is 2.85. The van der Waals surface area contributed by atoms with E-state index in [1.54, 1.807) is 6.07 Å². The molecule has 0 saturated heterocycles. The predicted molar refractivity (Wildman–Crippen MR) is 67.6 cm³/mol. The van der Waals surface area contributed by atoms with Crippen LogP contribution in [0.1, 0.15) is 31.2 Å². The van der Waals surface area contributed by atoms with E-state index in [1.807, 2.05) is 6.07 Å². The summed E-state index contributed by atoms with van der Waals surface area (Å²) in [5, 5.41) is 9.68. The van der Waals surface area contributed by atoms with Crippen molar-refractivity contribution in [3.05, 3.63) is 34.6 Å². The molecule has 1 unspecified atom stereocenters. The van der Waals surface area contributed by atoms with Gasteiger partial charge in [-0.1, -0.05) is 49.4 Å². The molecule has 0 amide bonds. The van der Waals surface area contributed by atoms with E-state index in [4.69, 9.17) is 11.6 Å². The van der Waals surface area contributed by atoms with Gasteiger partial charge >= 0.3 is 0 Å². The first kappa shape index (κ1) is 12.8. The van der Waals surface area contributed by atoms with Crippen molar-refractivity contribution in [3.8, 4) is 0 Å². The monoisotopic (exact) mass is 256 g/mol. The van der Waals surface area contributed by atoms with Gasteiger partial charge < -0.3 is 5.11 Å². The zero-order valence-corrected chi connectivity index (χ0v) is 10.6. The fourth-order valence-corrected chi connectivity index (χ4v) is 3.00. The molecule has 1 aliphatic rings. The van der Waals surface area contributed by atoms with Crippen LogP contribution in [0.3, 0.4) is 0 Å². The second-order valence-corrected chi connectivity index (χ2v) is 5.28. The number of halogens is 2. The lowest BCUT2D eigenvalue weighted by molar-refractivity contribution is 0.175. The Balaban J connectivity index is 2.09. The first-order chi connectivity index (χ1) is 8.22. The molecule has 2 rings (SSSR count). The lowest BCUT2D eigenvalue weighted by Gasteiger charge is -2.21. The summed E-state index contributed by atoms with van der Waals surface area (Å²) in [5.74, 6) is 0.420. The lowest BCUT2D eigenvalue weighted by atomic mass is 9.86. The van der Waals surface area contributed by atoms with Gasteiger partial charge in [0.1, 0.15) is 5.82 Å². The molecule has 1 nitrogen and oxygen atoms in total. The van der Waals surface area contributed by atoms with Crippen molar-refractivity contribution < 1.29 is 9.50 Å². The third-order valence-electron chi connectivity index (χ3n) is 3.81. The quantitative estimate of drug-likeness (QED) is 0.868. The smallest absolute Gasteiger partial charge is 0.142 e. The van der Waals surface area contributed by atoms with Gasteiger partial charge in [-0.15, -0.1) is 0 Å². The van der Waals surface area contributed by atoms with Crippen LogP contribution in [0.25, 0.3) is 0 Å². The molecule has 1 atom stereocenters. The van der Waals surface area contributed by atoms with Crippen LogP contribution in [0.2, 0.25) is 5.02 Å². The molecule has 1 saturated carbocycles. The minimum absolute atomic E-state index is 0.164. The SMILES string of the molecule is OCC(Cc1cccc(F)c1Cl)C1CCCC1. The minimum atomic E-state index is -0.368. The first-order valence-corrected chi connectivity index (χ1v) is 6.64. The summed E-state index contributed by atoms with van der Waals surface area (Å²) in [7, 11) is 0. The van der Waals surface area contributed by atoms with E-state index in [-0.39, 0.29) is 23.4 Å². The molecule has 1 aromatic rings.